The Hall–Kier alpha value is -1.14. The summed E-state index contributed by atoms with van der Waals surface area (Å²) in [5, 5.41) is 2.81. The molecule has 0 radical (unpaired) electrons. The van der Waals surface area contributed by atoms with Crippen molar-refractivity contribution in [1.82, 2.24) is 5.32 Å². The number of carbonyl (C=O) groups excluding carboxylic acids is 2. The third-order valence-corrected chi connectivity index (χ3v) is 4.40. The molecule has 0 unspecified atom stereocenters. The third-order valence-electron chi connectivity index (χ3n) is 4.40. The second kappa shape index (κ2) is 17.3. The standard InChI is InChI=1S/C20H39NO5/c1-5-17(3)19(20(23)26-6-2)21-18(22)13-12-16-25-15-11-9-7-8-10-14-24-4/h17,19H,5-16H2,1-4H3,(H,21,22)/t17-,19-/m0/s1. The van der Waals surface area contributed by atoms with Crippen LogP contribution in [-0.4, -0.2) is 51.5 Å². The second-order valence-electron chi connectivity index (χ2n) is 6.66. The highest BCUT2D eigenvalue weighted by atomic mass is 16.5. The second-order valence-corrected chi connectivity index (χ2v) is 6.66. The van der Waals surface area contributed by atoms with Crippen molar-refractivity contribution in [1.29, 1.82) is 0 Å². The Labute approximate surface area is 159 Å². The van der Waals surface area contributed by atoms with Crippen LogP contribution in [0.1, 0.15) is 72.1 Å². The molecule has 0 rings (SSSR count). The van der Waals surface area contributed by atoms with Crippen molar-refractivity contribution in [3.05, 3.63) is 0 Å². The maximum absolute atomic E-state index is 12.1. The van der Waals surface area contributed by atoms with Gasteiger partial charge in [0.05, 0.1) is 6.61 Å². The fourth-order valence-electron chi connectivity index (χ4n) is 2.56. The molecule has 0 aliphatic heterocycles. The van der Waals surface area contributed by atoms with E-state index in [4.69, 9.17) is 14.2 Å². The third kappa shape index (κ3) is 13.1. The molecule has 0 fully saturated rings. The summed E-state index contributed by atoms with van der Waals surface area (Å²) in [7, 11) is 1.73. The number of esters is 1. The van der Waals surface area contributed by atoms with Crippen molar-refractivity contribution in [2.75, 3.05) is 33.5 Å². The molecule has 1 N–H and O–H groups in total. The topological polar surface area (TPSA) is 73.9 Å². The molecular weight excluding hydrogens is 334 g/mol. The Morgan fingerprint density at radius 1 is 0.923 bits per heavy atom. The molecule has 0 saturated carbocycles. The van der Waals surface area contributed by atoms with Crippen LogP contribution in [0.4, 0.5) is 0 Å². The lowest BCUT2D eigenvalue weighted by Gasteiger charge is -2.22. The van der Waals surface area contributed by atoms with Gasteiger partial charge in [0.25, 0.3) is 0 Å². The van der Waals surface area contributed by atoms with Gasteiger partial charge in [-0.1, -0.05) is 39.5 Å². The highest BCUT2D eigenvalue weighted by molar-refractivity contribution is 5.84. The van der Waals surface area contributed by atoms with Gasteiger partial charge in [-0.2, -0.15) is 0 Å². The SMILES string of the molecule is CCOC(=O)[C@@H](NC(=O)CCCOCCCCCCCOC)[C@@H](C)CC. The average molecular weight is 374 g/mol. The van der Waals surface area contributed by atoms with E-state index < -0.39 is 6.04 Å². The van der Waals surface area contributed by atoms with Crippen molar-refractivity contribution in [3.63, 3.8) is 0 Å². The zero-order chi connectivity index (χ0) is 19.6. The first-order valence-corrected chi connectivity index (χ1v) is 10.1. The summed E-state index contributed by atoms with van der Waals surface area (Å²) in [6.45, 7) is 8.18. The molecule has 0 heterocycles. The summed E-state index contributed by atoms with van der Waals surface area (Å²) in [5.74, 6) is -0.416. The average Bonchev–Trinajstić information content (AvgIpc) is 2.63. The fourth-order valence-corrected chi connectivity index (χ4v) is 2.56. The van der Waals surface area contributed by atoms with Gasteiger partial charge in [0.15, 0.2) is 0 Å². The Kier molecular flexibility index (Phi) is 16.5. The van der Waals surface area contributed by atoms with Crippen LogP contribution in [0.25, 0.3) is 0 Å². The van der Waals surface area contributed by atoms with Crippen molar-refractivity contribution in [3.8, 4) is 0 Å². The molecule has 0 aliphatic rings. The van der Waals surface area contributed by atoms with E-state index in [1.165, 1.54) is 19.3 Å². The summed E-state index contributed by atoms with van der Waals surface area (Å²) in [4.78, 5) is 24.0. The maximum atomic E-state index is 12.1. The van der Waals surface area contributed by atoms with Crippen LogP contribution in [0, 0.1) is 5.92 Å². The molecule has 154 valence electrons. The predicted molar refractivity (Wildman–Crippen MR) is 103 cm³/mol. The normalized spacial score (nSPS) is 13.2. The first kappa shape index (κ1) is 24.9. The number of unbranched alkanes of at least 4 members (excludes halogenated alkanes) is 4. The molecule has 0 aliphatic carbocycles. The minimum atomic E-state index is -0.563. The summed E-state index contributed by atoms with van der Waals surface area (Å²) in [6, 6.07) is -0.563. The molecule has 0 saturated heterocycles. The lowest BCUT2D eigenvalue weighted by atomic mass is 9.99. The molecule has 2 atom stereocenters. The molecule has 0 bridgehead atoms. The van der Waals surface area contributed by atoms with Crippen LogP contribution < -0.4 is 5.32 Å². The van der Waals surface area contributed by atoms with Crippen LogP contribution in [0.3, 0.4) is 0 Å². The minimum absolute atomic E-state index is 0.0538. The van der Waals surface area contributed by atoms with E-state index in [1.54, 1.807) is 14.0 Å². The molecule has 0 aromatic carbocycles. The van der Waals surface area contributed by atoms with E-state index in [2.05, 4.69) is 5.32 Å². The van der Waals surface area contributed by atoms with Crippen molar-refractivity contribution < 1.29 is 23.8 Å². The number of rotatable bonds is 17. The van der Waals surface area contributed by atoms with E-state index >= 15 is 0 Å². The van der Waals surface area contributed by atoms with Gasteiger partial charge in [0.1, 0.15) is 6.04 Å². The van der Waals surface area contributed by atoms with Gasteiger partial charge in [-0.3, -0.25) is 4.79 Å². The van der Waals surface area contributed by atoms with Crippen molar-refractivity contribution in [2.45, 2.75) is 78.2 Å². The number of hydrogen-bond donors (Lipinski definition) is 1. The maximum Gasteiger partial charge on any atom is 0.328 e. The molecule has 0 spiro atoms. The number of ether oxygens (including phenoxy) is 3. The number of methoxy groups -OCH3 is 1. The lowest BCUT2D eigenvalue weighted by molar-refractivity contribution is -0.149. The van der Waals surface area contributed by atoms with Crippen molar-refractivity contribution >= 4 is 11.9 Å². The van der Waals surface area contributed by atoms with Crippen LogP contribution in [0.15, 0.2) is 0 Å². The van der Waals surface area contributed by atoms with Crippen LogP contribution in [0.5, 0.6) is 0 Å². The Morgan fingerprint density at radius 2 is 1.54 bits per heavy atom. The molecule has 1 amide bonds. The number of nitrogens with one attached hydrogen (secondary N) is 1. The van der Waals surface area contributed by atoms with Crippen molar-refractivity contribution in [2.24, 2.45) is 5.92 Å². The molecule has 6 heteroatoms. The largest absolute Gasteiger partial charge is 0.464 e. The smallest absolute Gasteiger partial charge is 0.328 e. The van der Waals surface area contributed by atoms with E-state index in [-0.39, 0.29) is 17.8 Å². The molecule has 26 heavy (non-hydrogen) atoms. The Bertz CT molecular complexity index is 362. The number of hydrogen-bond acceptors (Lipinski definition) is 5. The quantitative estimate of drug-likeness (QED) is 0.312. The first-order chi connectivity index (χ1) is 12.6. The van der Waals surface area contributed by atoms with E-state index in [0.29, 0.717) is 26.1 Å². The highest BCUT2D eigenvalue weighted by Crippen LogP contribution is 2.10. The molecule has 0 aromatic rings. The minimum Gasteiger partial charge on any atom is -0.464 e. The van der Waals surface area contributed by atoms with Gasteiger partial charge in [-0.05, 0) is 32.1 Å². The summed E-state index contributed by atoms with van der Waals surface area (Å²) >= 11 is 0. The molecule has 0 aromatic heterocycles. The first-order valence-electron chi connectivity index (χ1n) is 10.1. The van der Waals surface area contributed by atoms with Gasteiger partial charge in [-0.25, -0.2) is 4.79 Å². The van der Waals surface area contributed by atoms with E-state index in [1.807, 2.05) is 13.8 Å². The zero-order valence-corrected chi connectivity index (χ0v) is 17.2. The van der Waals surface area contributed by atoms with E-state index in [0.717, 1.165) is 32.5 Å². The zero-order valence-electron chi connectivity index (χ0n) is 17.2. The summed E-state index contributed by atoms with van der Waals surface area (Å²) in [5.41, 5.74) is 0. The van der Waals surface area contributed by atoms with Gasteiger partial charge in [0, 0.05) is 33.4 Å². The van der Waals surface area contributed by atoms with Gasteiger partial charge in [-0.15, -0.1) is 0 Å². The predicted octanol–water partition coefficient (Wildman–Crippen LogP) is 3.47. The summed E-state index contributed by atoms with van der Waals surface area (Å²) < 4.78 is 15.6. The van der Waals surface area contributed by atoms with Gasteiger partial charge < -0.3 is 19.5 Å². The van der Waals surface area contributed by atoms with Gasteiger partial charge in [0.2, 0.25) is 5.91 Å². The van der Waals surface area contributed by atoms with E-state index in [9.17, 15) is 9.59 Å². The van der Waals surface area contributed by atoms with Crippen LogP contribution >= 0.6 is 0 Å². The monoisotopic (exact) mass is 373 g/mol. The summed E-state index contributed by atoms with van der Waals surface area (Å²) in [6.07, 6.45) is 7.58. The Balaban J connectivity index is 3.75. The van der Waals surface area contributed by atoms with Crippen LogP contribution in [0.2, 0.25) is 0 Å². The number of carbonyl (C=O) groups is 2. The van der Waals surface area contributed by atoms with Crippen LogP contribution in [-0.2, 0) is 23.8 Å². The van der Waals surface area contributed by atoms with Gasteiger partial charge >= 0.3 is 5.97 Å². The lowest BCUT2D eigenvalue weighted by Crippen LogP contribution is -2.46. The Morgan fingerprint density at radius 3 is 2.15 bits per heavy atom. The molecular formula is C20H39NO5. The molecule has 6 nitrogen and oxygen atoms in total. The highest BCUT2D eigenvalue weighted by Gasteiger charge is 2.26. The fraction of sp³-hybridized carbons (Fsp3) is 0.900. The number of amides is 1.